The topological polar surface area (TPSA) is 3.24 Å². The Morgan fingerprint density at radius 3 is 1.56 bits per heavy atom. The quantitative estimate of drug-likeness (QED) is 0.253. The predicted octanol–water partition coefficient (Wildman–Crippen LogP) is 7.79. The molecule has 0 amide bonds. The zero-order valence-electron chi connectivity index (χ0n) is 18.0. The average molecular weight is 412 g/mol. The smallest absolute Gasteiger partial charge is 0.0247 e. The monoisotopic (exact) mass is 411 g/mol. The summed E-state index contributed by atoms with van der Waals surface area (Å²) in [6.45, 7) is 2.77. The molecule has 0 atom stereocenters. The maximum absolute atomic E-state index is 2.55. The van der Waals surface area contributed by atoms with Gasteiger partial charge in [0.1, 0.15) is 0 Å². The van der Waals surface area contributed by atoms with Gasteiger partial charge in [0.05, 0.1) is 0 Å². The van der Waals surface area contributed by atoms with Crippen molar-refractivity contribution >= 4 is 32.3 Å². The molecule has 154 valence electrons. The molecule has 6 aromatic rings. The van der Waals surface area contributed by atoms with E-state index in [0.717, 1.165) is 19.6 Å². The Balaban J connectivity index is 1.44. The molecule has 0 heterocycles. The van der Waals surface area contributed by atoms with Crippen LogP contribution in [0.5, 0.6) is 0 Å². The fourth-order valence-electron chi connectivity index (χ4n) is 5.03. The van der Waals surface area contributed by atoms with Crippen LogP contribution in [-0.4, -0.2) is 4.90 Å². The van der Waals surface area contributed by atoms with Crippen LogP contribution in [0.15, 0.2) is 115 Å². The molecule has 0 fully saturated rings. The number of hydrogen-bond acceptors (Lipinski definition) is 1. The lowest BCUT2D eigenvalue weighted by molar-refractivity contribution is 0.248. The Morgan fingerprint density at radius 1 is 0.406 bits per heavy atom. The fraction of sp³-hybridized carbons (Fsp3) is 0.0968. The van der Waals surface area contributed by atoms with Crippen LogP contribution in [0.3, 0.4) is 0 Å². The molecule has 0 aromatic heterocycles. The van der Waals surface area contributed by atoms with E-state index in [0.29, 0.717) is 0 Å². The van der Waals surface area contributed by atoms with E-state index < -0.39 is 0 Å². The number of nitrogens with zero attached hydrogens (tertiary/aromatic N) is 1. The Morgan fingerprint density at radius 2 is 0.938 bits per heavy atom. The second-order valence-corrected chi connectivity index (χ2v) is 8.70. The third-order valence-corrected chi connectivity index (χ3v) is 6.51. The molecule has 6 aromatic carbocycles. The van der Waals surface area contributed by atoms with Gasteiger partial charge in [-0.1, -0.05) is 115 Å². The molecule has 1 nitrogen and oxygen atoms in total. The minimum atomic E-state index is 0.915. The molecule has 0 aliphatic carbocycles. The molecule has 6 rings (SSSR count). The maximum Gasteiger partial charge on any atom is 0.0247 e. The summed E-state index contributed by atoms with van der Waals surface area (Å²) in [5, 5.41) is 8.13. The molecule has 1 heteroatoms. The second-order valence-electron chi connectivity index (χ2n) is 8.70. The standard InChI is InChI=1S/C31H25N/c1-3-8-23(9-4-1)20-32(21-24-10-5-2-6-11-24)22-28-17-16-27-15-14-25-12-7-13-26-18-19-29(28)31(27)30(25)26/h1-19H,20-22H2. The van der Waals surface area contributed by atoms with Crippen molar-refractivity contribution in [3.05, 3.63) is 132 Å². The third kappa shape index (κ3) is 3.51. The second kappa shape index (κ2) is 8.11. The maximum atomic E-state index is 2.55. The zero-order valence-corrected chi connectivity index (χ0v) is 18.0. The highest BCUT2D eigenvalue weighted by Crippen LogP contribution is 2.36. The summed E-state index contributed by atoms with van der Waals surface area (Å²) in [5.74, 6) is 0. The summed E-state index contributed by atoms with van der Waals surface area (Å²) in [7, 11) is 0. The Hall–Kier alpha value is -3.68. The molecule has 0 saturated heterocycles. The van der Waals surface area contributed by atoms with Gasteiger partial charge in [-0.2, -0.15) is 0 Å². The van der Waals surface area contributed by atoms with Gasteiger partial charge in [-0.05, 0) is 49.0 Å². The van der Waals surface area contributed by atoms with E-state index in [1.165, 1.54) is 49.0 Å². The van der Waals surface area contributed by atoms with Crippen LogP contribution in [0, 0.1) is 0 Å². The lowest BCUT2D eigenvalue weighted by atomic mass is 9.92. The van der Waals surface area contributed by atoms with E-state index in [1.54, 1.807) is 0 Å². The van der Waals surface area contributed by atoms with E-state index in [-0.39, 0.29) is 0 Å². The molecule has 32 heavy (non-hydrogen) atoms. The van der Waals surface area contributed by atoms with Crippen LogP contribution in [0.1, 0.15) is 16.7 Å². The van der Waals surface area contributed by atoms with Crippen molar-refractivity contribution in [1.29, 1.82) is 0 Å². The predicted molar refractivity (Wildman–Crippen MR) is 136 cm³/mol. The zero-order chi connectivity index (χ0) is 21.3. The van der Waals surface area contributed by atoms with Crippen molar-refractivity contribution in [3.8, 4) is 0 Å². The highest BCUT2D eigenvalue weighted by atomic mass is 15.1. The molecular formula is C31H25N. The number of hydrogen-bond donors (Lipinski definition) is 0. The molecule has 0 radical (unpaired) electrons. The SMILES string of the molecule is c1ccc(CN(Cc2ccccc2)Cc2ccc3ccc4cccc5ccc2c3c45)cc1. The van der Waals surface area contributed by atoms with Crippen molar-refractivity contribution in [2.45, 2.75) is 19.6 Å². The first-order valence-corrected chi connectivity index (χ1v) is 11.3. The first-order chi connectivity index (χ1) is 15.8. The summed E-state index contributed by atoms with van der Waals surface area (Å²) < 4.78 is 0. The molecule has 0 aliphatic heterocycles. The molecule has 0 N–H and O–H groups in total. The number of rotatable bonds is 6. The highest BCUT2D eigenvalue weighted by molar-refractivity contribution is 6.23. The molecular weight excluding hydrogens is 386 g/mol. The molecule has 0 aliphatic rings. The summed E-state index contributed by atoms with van der Waals surface area (Å²) in [6.07, 6.45) is 0. The van der Waals surface area contributed by atoms with Crippen LogP contribution in [0.25, 0.3) is 32.3 Å². The lowest BCUT2D eigenvalue weighted by Crippen LogP contribution is -2.22. The van der Waals surface area contributed by atoms with Crippen molar-refractivity contribution < 1.29 is 0 Å². The van der Waals surface area contributed by atoms with Crippen LogP contribution in [0.4, 0.5) is 0 Å². The van der Waals surface area contributed by atoms with E-state index >= 15 is 0 Å². The van der Waals surface area contributed by atoms with E-state index in [1.807, 2.05) is 0 Å². The summed E-state index contributed by atoms with van der Waals surface area (Å²) in [5.41, 5.74) is 4.09. The van der Waals surface area contributed by atoms with Gasteiger partial charge in [-0.3, -0.25) is 4.90 Å². The Labute approximate surface area is 188 Å². The van der Waals surface area contributed by atoms with Gasteiger partial charge in [0.2, 0.25) is 0 Å². The average Bonchev–Trinajstić information content (AvgIpc) is 2.85. The molecule has 0 spiro atoms. The van der Waals surface area contributed by atoms with Crippen molar-refractivity contribution in [2.24, 2.45) is 0 Å². The Kier molecular flexibility index (Phi) is 4.82. The van der Waals surface area contributed by atoms with E-state index in [9.17, 15) is 0 Å². The Bertz CT molecular complexity index is 1430. The molecule has 0 unspecified atom stereocenters. The van der Waals surface area contributed by atoms with Crippen LogP contribution < -0.4 is 0 Å². The third-order valence-electron chi connectivity index (χ3n) is 6.51. The summed E-state index contributed by atoms with van der Waals surface area (Å²) >= 11 is 0. The van der Waals surface area contributed by atoms with Gasteiger partial charge in [0.25, 0.3) is 0 Å². The minimum absolute atomic E-state index is 0.915. The normalized spacial score (nSPS) is 11.8. The van der Waals surface area contributed by atoms with Crippen molar-refractivity contribution in [3.63, 3.8) is 0 Å². The van der Waals surface area contributed by atoms with Gasteiger partial charge >= 0.3 is 0 Å². The van der Waals surface area contributed by atoms with Gasteiger partial charge in [0.15, 0.2) is 0 Å². The van der Waals surface area contributed by atoms with Crippen molar-refractivity contribution in [2.75, 3.05) is 0 Å². The van der Waals surface area contributed by atoms with E-state index in [4.69, 9.17) is 0 Å². The van der Waals surface area contributed by atoms with Gasteiger partial charge in [0, 0.05) is 19.6 Å². The van der Waals surface area contributed by atoms with Crippen LogP contribution >= 0.6 is 0 Å². The first-order valence-electron chi connectivity index (χ1n) is 11.3. The van der Waals surface area contributed by atoms with Crippen molar-refractivity contribution in [1.82, 2.24) is 4.90 Å². The van der Waals surface area contributed by atoms with Gasteiger partial charge in [-0.25, -0.2) is 0 Å². The fourth-order valence-corrected chi connectivity index (χ4v) is 5.03. The van der Waals surface area contributed by atoms with E-state index in [2.05, 4.69) is 120 Å². The minimum Gasteiger partial charge on any atom is -0.291 e. The molecule has 0 bridgehead atoms. The van der Waals surface area contributed by atoms with Crippen LogP contribution in [0.2, 0.25) is 0 Å². The van der Waals surface area contributed by atoms with Gasteiger partial charge in [-0.15, -0.1) is 0 Å². The number of benzene rings is 6. The largest absolute Gasteiger partial charge is 0.291 e. The first kappa shape index (κ1) is 19.0. The van der Waals surface area contributed by atoms with Crippen LogP contribution in [-0.2, 0) is 19.6 Å². The van der Waals surface area contributed by atoms with Gasteiger partial charge < -0.3 is 0 Å². The highest BCUT2D eigenvalue weighted by Gasteiger charge is 2.14. The summed E-state index contributed by atoms with van der Waals surface area (Å²) in [4.78, 5) is 2.55. The summed E-state index contributed by atoms with van der Waals surface area (Å²) in [6, 6.07) is 42.0. The molecule has 0 saturated carbocycles. The lowest BCUT2D eigenvalue weighted by Gasteiger charge is -2.24.